The van der Waals surface area contributed by atoms with Crippen LogP contribution in [0.2, 0.25) is 0 Å². The first-order chi connectivity index (χ1) is 9.11. The van der Waals surface area contributed by atoms with Gasteiger partial charge in [0.15, 0.2) is 0 Å². The molecule has 0 aromatic carbocycles. The van der Waals surface area contributed by atoms with E-state index in [1.165, 1.54) is 25.8 Å². The summed E-state index contributed by atoms with van der Waals surface area (Å²) < 4.78 is 0. The van der Waals surface area contributed by atoms with Gasteiger partial charge in [0.1, 0.15) is 5.54 Å². The van der Waals surface area contributed by atoms with Crippen LogP contribution >= 0.6 is 0 Å². The Morgan fingerprint density at radius 2 is 2.21 bits per heavy atom. The van der Waals surface area contributed by atoms with Gasteiger partial charge in [-0.05, 0) is 57.5 Å². The van der Waals surface area contributed by atoms with Crippen LogP contribution in [0, 0.1) is 5.92 Å². The van der Waals surface area contributed by atoms with Crippen LogP contribution in [0.5, 0.6) is 0 Å². The standard InChI is InChI=1S/C15H28N2O2/c1-3-15(14(18)19,16-4-2)8-5-9-17-11-12-6-7-13(17)10-12/h12-13,16H,3-11H2,1-2H3,(H,18,19). The van der Waals surface area contributed by atoms with E-state index in [0.717, 1.165) is 31.3 Å². The second-order valence-corrected chi connectivity index (χ2v) is 6.20. The van der Waals surface area contributed by atoms with Gasteiger partial charge in [-0.3, -0.25) is 4.79 Å². The molecule has 2 rings (SSSR count). The van der Waals surface area contributed by atoms with E-state index in [9.17, 15) is 9.90 Å². The second kappa shape index (κ2) is 6.23. The summed E-state index contributed by atoms with van der Waals surface area (Å²) in [4.78, 5) is 14.1. The van der Waals surface area contributed by atoms with Gasteiger partial charge in [-0.25, -0.2) is 0 Å². The third-order valence-corrected chi connectivity index (χ3v) is 5.10. The Kier molecular flexibility index (Phi) is 4.85. The van der Waals surface area contributed by atoms with Gasteiger partial charge in [0.05, 0.1) is 0 Å². The number of carboxylic acids is 1. The van der Waals surface area contributed by atoms with E-state index in [2.05, 4.69) is 10.2 Å². The number of rotatable bonds is 8. The normalized spacial score (nSPS) is 29.6. The Balaban J connectivity index is 1.80. The zero-order chi connectivity index (χ0) is 13.9. The first-order valence-corrected chi connectivity index (χ1v) is 7.83. The number of fused-ring (bicyclic) bond motifs is 2. The molecule has 1 aliphatic heterocycles. The molecule has 0 spiro atoms. The highest BCUT2D eigenvalue weighted by molar-refractivity contribution is 5.78. The lowest BCUT2D eigenvalue weighted by atomic mass is 9.90. The average molecular weight is 268 g/mol. The predicted molar refractivity (Wildman–Crippen MR) is 76.3 cm³/mol. The van der Waals surface area contributed by atoms with E-state index in [-0.39, 0.29) is 0 Å². The summed E-state index contributed by atoms with van der Waals surface area (Å²) in [7, 11) is 0. The molecular formula is C15H28N2O2. The summed E-state index contributed by atoms with van der Waals surface area (Å²) >= 11 is 0. The molecule has 0 amide bonds. The number of hydrogen-bond acceptors (Lipinski definition) is 3. The largest absolute Gasteiger partial charge is 0.480 e. The van der Waals surface area contributed by atoms with Crippen LogP contribution in [0.1, 0.15) is 52.4 Å². The van der Waals surface area contributed by atoms with Gasteiger partial charge < -0.3 is 15.3 Å². The minimum Gasteiger partial charge on any atom is -0.480 e. The maximum Gasteiger partial charge on any atom is 0.323 e. The van der Waals surface area contributed by atoms with E-state index < -0.39 is 11.5 Å². The molecule has 3 atom stereocenters. The number of hydrogen-bond donors (Lipinski definition) is 2. The van der Waals surface area contributed by atoms with Gasteiger partial charge in [-0.15, -0.1) is 0 Å². The molecule has 0 aromatic heterocycles. The summed E-state index contributed by atoms with van der Waals surface area (Å²) in [5, 5.41) is 12.7. The monoisotopic (exact) mass is 268 g/mol. The molecule has 0 radical (unpaired) electrons. The molecule has 2 bridgehead atoms. The summed E-state index contributed by atoms with van der Waals surface area (Å²) in [6.07, 6.45) is 6.52. The van der Waals surface area contributed by atoms with Crippen molar-refractivity contribution >= 4 is 5.97 Å². The van der Waals surface area contributed by atoms with Crippen molar-refractivity contribution in [3.05, 3.63) is 0 Å². The number of likely N-dealkylation sites (N-methyl/N-ethyl adjacent to an activating group) is 1. The van der Waals surface area contributed by atoms with Gasteiger partial charge in [0.25, 0.3) is 0 Å². The molecule has 2 N–H and O–H groups in total. The van der Waals surface area contributed by atoms with E-state index in [1.807, 2.05) is 13.8 Å². The zero-order valence-electron chi connectivity index (χ0n) is 12.3. The Bertz CT molecular complexity index is 321. The van der Waals surface area contributed by atoms with Crippen LogP contribution in [0.15, 0.2) is 0 Å². The number of likely N-dealkylation sites (tertiary alicyclic amines) is 1. The summed E-state index contributed by atoms with van der Waals surface area (Å²) in [5.41, 5.74) is -0.715. The number of nitrogens with zero attached hydrogens (tertiary/aromatic N) is 1. The topological polar surface area (TPSA) is 52.6 Å². The van der Waals surface area contributed by atoms with Crippen LogP contribution in [0.3, 0.4) is 0 Å². The van der Waals surface area contributed by atoms with Crippen LogP contribution in [0.4, 0.5) is 0 Å². The summed E-state index contributed by atoms with van der Waals surface area (Å²) in [6.45, 7) is 6.98. The molecular weight excluding hydrogens is 240 g/mol. The first-order valence-electron chi connectivity index (χ1n) is 7.83. The summed E-state index contributed by atoms with van der Waals surface area (Å²) in [5.74, 6) is 0.231. The highest BCUT2D eigenvalue weighted by atomic mass is 16.4. The van der Waals surface area contributed by atoms with Crippen LogP contribution in [-0.2, 0) is 4.79 Å². The van der Waals surface area contributed by atoms with Gasteiger partial charge in [0, 0.05) is 12.6 Å². The number of nitrogens with one attached hydrogen (secondary N) is 1. The number of aliphatic carboxylic acids is 1. The molecule has 2 fully saturated rings. The van der Waals surface area contributed by atoms with Crippen molar-refractivity contribution in [2.24, 2.45) is 5.92 Å². The highest BCUT2D eigenvalue weighted by Gasteiger charge is 2.39. The van der Waals surface area contributed by atoms with Crippen molar-refractivity contribution in [3.63, 3.8) is 0 Å². The van der Waals surface area contributed by atoms with Gasteiger partial charge in [-0.2, -0.15) is 0 Å². The molecule has 1 saturated heterocycles. The van der Waals surface area contributed by atoms with Crippen LogP contribution < -0.4 is 5.32 Å². The van der Waals surface area contributed by atoms with Crippen molar-refractivity contribution < 1.29 is 9.90 Å². The lowest BCUT2D eigenvalue weighted by Gasteiger charge is -2.31. The first kappa shape index (κ1) is 14.8. The van der Waals surface area contributed by atoms with E-state index >= 15 is 0 Å². The van der Waals surface area contributed by atoms with Crippen LogP contribution in [-0.4, -0.2) is 47.2 Å². The molecule has 0 aromatic rings. The molecule has 4 heteroatoms. The molecule has 3 unspecified atom stereocenters. The SMILES string of the molecule is CCNC(CC)(CCCN1CC2CCC1C2)C(=O)O. The smallest absolute Gasteiger partial charge is 0.323 e. The Labute approximate surface area is 116 Å². The zero-order valence-corrected chi connectivity index (χ0v) is 12.3. The molecule has 1 saturated carbocycles. The molecule has 110 valence electrons. The Hall–Kier alpha value is -0.610. The molecule has 2 aliphatic rings. The van der Waals surface area contributed by atoms with E-state index in [4.69, 9.17) is 0 Å². The minimum atomic E-state index is -0.715. The molecule has 1 aliphatic carbocycles. The number of carboxylic acid groups (broad SMARTS) is 1. The van der Waals surface area contributed by atoms with Crippen molar-refractivity contribution in [2.45, 2.75) is 64.0 Å². The second-order valence-electron chi connectivity index (χ2n) is 6.20. The average Bonchev–Trinajstić information content (AvgIpc) is 2.99. The third kappa shape index (κ3) is 3.11. The maximum absolute atomic E-state index is 11.5. The fourth-order valence-corrected chi connectivity index (χ4v) is 3.95. The molecule has 1 heterocycles. The van der Waals surface area contributed by atoms with E-state index in [1.54, 1.807) is 0 Å². The highest BCUT2D eigenvalue weighted by Crippen LogP contribution is 2.37. The van der Waals surface area contributed by atoms with Crippen molar-refractivity contribution in [2.75, 3.05) is 19.6 Å². The van der Waals surface area contributed by atoms with Crippen molar-refractivity contribution in [3.8, 4) is 0 Å². The number of piperidine rings is 1. The van der Waals surface area contributed by atoms with Crippen molar-refractivity contribution in [1.29, 1.82) is 0 Å². The fourth-order valence-electron chi connectivity index (χ4n) is 3.95. The van der Waals surface area contributed by atoms with E-state index in [0.29, 0.717) is 13.0 Å². The lowest BCUT2D eigenvalue weighted by molar-refractivity contribution is -0.145. The number of carbonyl (C=O) groups is 1. The molecule has 4 nitrogen and oxygen atoms in total. The van der Waals surface area contributed by atoms with Crippen molar-refractivity contribution in [1.82, 2.24) is 10.2 Å². The maximum atomic E-state index is 11.5. The predicted octanol–water partition coefficient (Wildman–Crippen LogP) is 2.09. The Morgan fingerprint density at radius 3 is 2.68 bits per heavy atom. The van der Waals surface area contributed by atoms with Crippen LogP contribution in [0.25, 0.3) is 0 Å². The van der Waals surface area contributed by atoms with Gasteiger partial charge >= 0.3 is 5.97 Å². The summed E-state index contributed by atoms with van der Waals surface area (Å²) in [6, 6.07) is 0.796. The van der Waals surface area contributed by atoms with Gasteiger partial charge in [-0.1, -0.05) is 13.8 Å². The molecule has 19 heavy (non-hydrogen) atoms. The fraction of sp³-hybridized carbons (Fsp3) is 0.933. The van der Waals surface area contributed by atoms with Gasteiger partial charge in [0.2, 0.25) is 0 Å². The minimum absolute atomic E-state index is 0.655. The third-order valence-electron chi connectivity index (χ3n) is 5.10. The lowest BCUT2D eigenvalue weighted by Crippen LogP contribution is -2.52. The quantitative estimate of drug-likeness (QED) is 0.708. The Morgan fingerprint density at radius 1 is 1.42 bits per heavy atom.